The van der Waals surface area contributed by atoms with Crippen LogP contribution < -0.4 is 10.9 Å². The molecule has 0 amide bonds. The number of halogens is 2. The maximum atomic E-state index is 14.0. The summed E-state index contributed by atoms with van der Waals surface area (Å²) in [6, 6.07) is 14.8. The summed E-state index contributed by atoms with van der Waals surface area (Å²) in [6.45, 7) is 1.94. The maximum Gasteiger partial charge on any atom is 0.264 e. The molecule has 154 valence electrons. The van der Waals surface area contributed by atoms with Gasteiger partial charge in [-0.1, -0.05) is 29.8 Å². The van der Waals surface area contributed by atoms with Gasteiger partial charge in [-0.2, -0.15) is 0 Å². The summed E-state index contributed by atoms with van der Waals surface area (Å²) in [4.78, 5) is 23.1. The smallest absolute Gasteiger partial charge is 0.264 e. The van der Waals surface area contributed by atoms with Gasteiger partial charge >= 0.3 is 0 Å². The summed E-state index contributed by atoms with van der Waals surface area (Å²) in [6.07, 6.45) is 1.72. The zero-order valence-corrected chi connectivity index (χ0v) is 17.9. The van der Waals surface area contributed by atoms with E-state index in [1.54, 1.807) is 36.0 Å². The summed E-state index contributed by atoms with van der Waals surface area (Å²) in [7, 11) is 0. The molecule has 0 aliphatic heterocycles. The van der Waals surface area contributed by atoms with Crippen LogP contribution in [-0.4, -0.2) is 14.5 Å². The molecule has 0 fully saturated rings. The first-order chi connectivity index (χ1) is 15.0. The van der Waals surface area contributed by atoms with Gasteiger partial charge in [0, 0.05) is 11.9 Å². The van der Waals surface area contributed by atoms with E-state index in [1.165, 1.54) is 28.0 Å². The third kappa shape index (κ3) is 3.45. The number of benzene rings is 2. The second kappa shape index (κ2) is 7.76. The molecule has 3 aromatic heterocycles. The second-order valence-electron chi connectivity index (χ2n) is 7.12. The van der Waals surface area contributed by atoms with Gasteiger partial charge in [0.05, 0.1) is 33.3 Å². The lowest BCUT2D eigenvalue weighted by Gasteiger charge is -2.22. The third-order valence-corrected chi connectivity index (χ3v) is 6.19. The molecular formula is C23H16ClFN4OS. The van der Waals surface area contributed by atoms with Crippen LogP contribution in [0.2, 0.25) is 5.02 Å². The van der Waals surface area contributed by atoms with Gasteiger partial charge in [-0.3, -0.25) is 9.36 Å². The highest BCUT2D eigenvalue weighted by Gasteiger charge is 2.19. The van der Waals surface area contributed by atoms with Crippen molar-refractivity contribution in [3.8, 4) is 5.69 Å². The lowest BCUT2D eigenvalue weighted by atomic mass is 10.1. The van der Waals surface area contributed by atoms with Gasteiger partial charge in [0.25, 0.3) is 5.56 Å². The predicted molar refractivity (Wildman–Crippen MR) is 124 cm³/mol. The highest BCUT2D eigenvalue weighted by molar-refractivity contribution is 7.16. The van der Waals surface area contributed by atoms with E-state index < -0.39 is 5.82 Å². The van der Waals surface area contributed by atoms with E-state index in [0.29, 0.717) is 21.8 Å². The second-order valence-corrected chi connectivity index (χ2v) is 8.36. The molecule has 0 saturated heterocycles. The molecule has 3 heterocycles. The molecule has 0 aliphatic rings. The minimum atomic E-state index is -0.423. The van der Waals surface area contributed by atoms with Crippen LogP contribution in [0.4, 0.5) is 10.1 Å². The highest BCUT2D eigenvalue weighted by atomic mass is 35.5. The Bertz CT molecular complexity index is 1500. The SMILES string of the molecule is C[C@H](Nc1ccnc2scnc12)c1cc2cccc(Cl)c2c(=O)n1-c1cccc(F)c1. The number of fused-ring (bicyclic) bond motifs is 2. The van der Waals surface area contributed by atoms with Crippen LogP contribution in [0.5, 0.6) is 0 Å². The summed E-state index contributed by atoms with van der Waals surface area (Å²) >= 11 is 7.81. The molecule has 5 nitrogen and oxygen atoms in total. The predicted octanol–water partition coefficient (Wildman–Crippen LogP) is 5.96. The summed E-state index contributed by atoms with van der Waals surface area (Å²) in [5, 5.41) is 4.92. The van der Waals surface area contributed by atoms with Crippen molar-refractivity contribution in [3.63, 3.8) is 0 Å². The van der Waals surface area contributed by atoms with Crippen LogP contribution >= 0.6 is 22.9 Å². The molecule has 0 spiro atoms. The summed E-state index contributed by atoms with van der Waals surface area (Å²) in [5.41, 5.74) is 4.13. The maximum absolute atomic E-state index is 14.0. The van der Waals surface area contributed by atoms with Gasteiger partial charge in [-0.05, 0) is 48.7 Å². The van der Waals surface area contributed by atoms with Gasteiger partial charge in [0.2, 0.25) is 0 Å². The quantitative estimate of drug-likeness (QED) is 0.367. The first kappa shape index (κ1) is 19.7. The van der Waals surface area contributed by atoms with E-state index in [-0.39, 0.29) is 11.6 Å². The summed E-state index contributed by atoms with van der Waals surface area (Å²) in [5.74, 6) is -0.423. The lowest BCUT2D eigenvalue weighted by Crippen LogP contribution is -2.25. The minimum Gasteiger partial charge on any atom is -0.375 e. The number of nitrogens with one attached hydrogen (secondary N) is 1. The standard InChI is InChI=1S/C23H16ClFN4OS/c1-13(28-18-8-9-26-22-21(18)27-12-31-22)19-10-14-4-2-7-17(24)20(14)23(30)29(19)16-6-3-5-15(25)11-16/h2-13H,1H3,(H,26,28)/t13-/m0/s1. The van der Waals surface area contributed by atoms with Crippen LogP contribution in [0.3, 0.4) is 0 Å². The average Bonchev–Trinajstić information content (AvgIpc) is 3.23. The Morgan fingerprint density at radius 2 is 1.97 bits per heavy atom. The van der Waals surface area contributed by atoms with Crippen molar-refractivity contribution in [2.24, 2.45) is 0 Å². The number of pyridine rings is 2. The van der Waals surface area contributed by atoms with Crippen molar-refractivity contribution in [1.29, 1.82) is 0 Å². The summed E-state index contributed by atoms with van der Waals surface area (Å²) < 4.78 is 15.5. The van der Waals surface area contributed by atoms with E-state index in [1.807, 2.05) is 25.1 Å². The molecule has 2 aromatic carbocycles. The van der Waals surface area contributed by atoms with Gasteiger partial charge in [-0.15, -0.1) is 11.3 Å². The van der Waals surface area contributed by atoms with Gasteiger partial charge in [0.15, 0.2) is 0 Å². The Labute approximate surface area is 185 Å². The van der Waals surface area contributed by atoms with E-state index in [2.05, 4.69) is 15.3 Å². The number of hydrogen-bond acceptors (Lipinski definition) is 5. The lowest BCUT2D eigenvalue weighted by molar-refractivity contribution is 0.625. The van der Waals surface area contributed by atoms with Crippen LogP contribution in [-0.2, 0) is 0 Å². The Morgan fingerprint density at radius 3 is 2.81 bits per heavy atom. The molecule has 0 saturated carbocycles. The number of rotatable bonds is 4. The van der Waals surface area contributed by atoms with Crippen molar-refractivity contribution in [3.05, 3.63) is 93.2 Å². The fourth-order valence-corrected chi connectivity index (χ4v) is 4.65. The molecule has 5 aromatic rings. The molecule has 5 rings (SSSR count). The van der Waals surface area contributed by atoms with Crippen molar-refractivity contribution >= 4 is 49.7 Å². The normalized spacial score (nSPS) is 12.4. The van der Waals surface area contributed by atoms with Crippen LogP contribution in [0.25, 0.3) is 26.8 Å². The van der Waals surface area contributed by atoms with Crippen molar-refractivity contribution in [1.82, 2.24) is 14.5 Å². The Hall–Kier alpha value is -3.29. The molecule has 8 heteroatoms. The van der Waals surface area contributed by atoms with E-state index in [0.717, 1.165) is 21.4 Å². The minimum absolute atomic E-state index is 0.299. The number of anilines is 1. The molecule has 0 aliphatic carbocycles. The molecule has 0 bridgehead atoms. The van der Waals surface area contributed by atoms with E-state index in [4.69, 9.17) is 11.6 Å². The topological polar surface area (TPSA) is 59.8 Å². The number of aromatic nitrogens is 3. The third-order valence-electron chi connectivity index (χ3n) is 5.14. The van der Waals surface area contributed by atoms with Gasteiger partial charge < -0.3 is 5.32 Å². The first-order valence-corrected chi connectivity index (χ1v) is 10.8. The molecule has 0 radical (unpaired) electrons. The molecule has 0 unspecified atom stereocenters. The fourth-order valence-electron chi connectivity index (χ4n) is 3.74. The van der Waals surface area contributed by atoms with E-state index >= 15 is 0 Å². The molecule has 31 heavy (non-hydrogen) atoms. The fraction of sp³-hybridized carbons (Fsp3) is 0.0870. The Balaban J connectivity index is 1.72. The van der Waals surface area contributed by atoms with Crippen LogP contribution in [0, 0.1) is 5.82 Å². The Kier molecular flexibility index (Phi) is 4.92. The number of hydrogen-bond donors (Lipinski definition) is 1. The zero-order chi connectivity index (χ0) is 21.5. The van der Waals surface area contributed by atoms with Crippen molar-refractivity contribution in [2.75, 3.05) is 5.32 Å². The Morgan fingerprint density at radius 1 is 1.13 bits per heavy atom. The molecule has 1 atom stereocenters. The molecular weight excluding hydrogens is 435 g/mol. The van der Waals surface area contributed by atoms with Gasteiger partial charge in [-0.25, -0.2) is 14.4 Å². The van der Waals surface area contributed by atoms with Crippen LogP contribution in [0.1, 0.15) is 18.7 Å². The number of nitrogens with zero attached hydrogens (tertiary/aromatic N) is 3. The van der Waals surface area contributed by atoms with Crippen molar-refractivity contribution in [2.45, 2.75) is 13.0 Å². The average molecular weight is 451 g/mol. The van der Waals surface area contributed by atoms with Gasteiger partial charge in [0.1, 0.15) is 16.2 Å². The highest BCUT2D eigenvalue weighted by Crippen LogP contribution is 2.30. The largest absolute Gasteiger partial charge is 0.375 e. The molecule has 1 N–H and O–H groups in total. The number of thiazole rings is 1. The van der Waals surface area contributed by atoms with Crippen molar-refractivity contribution < 1.29 is 4.39 Å². The monoisotopic (exact) mass is 450 g/mol. The zero-order valence-electron chi connectivity index (χ0n) is 16.3. The van der Waals surface area contributed by atoms with E-state index in [9.17, 15) is 9.18 Å². The van der Waals surface area contributed by atoms with Crippen LogP contribution in [0.15, 0.2) is 71.1 Å². The first-order valence-electron chi connectivity index (χ1n) is 9.58.